The molecule has 0 spiro atoms. The molecule has 0 saturated heterocycles. The van der Waals surface area contributed by atoms with Crippen molar-refractivity contribution in [3.8, 4) is 0 Å². The van der Waals surface area contributed by atoms with Gasteiger partial charge in [0, 0.05) is 43.9 Å². The molecule has 4 heteroatoms. The average molecular weight is 658 g/mol. The quantitative estimate of drug-likeness (QED) is 0.200. The Hall–Kier alpha value is -6.39. The molecule has 0 saturated carbocycles. The van der Waals surface area contributed by atoms with Crippen LogP contribution in [-0.4, -0.2) is 10.4 Å². The van der Waals surface area contributed by atoms with Gasteiger partial charge in [-0.3, -0.25) is 4.99 Å². The third kappa shape index (κ3) is 4.56. The molecule has 244 valence electrons. The van der Waals surface area contributed by atoms with Gasteiger partial charge in [0.15, 0.2) is 0 Å². The maximum absolute atomic E-state index is 6.76. The van der Waals surface area contributed by atoms with Crippen molar-refractivity contribution >= 4 is 56.0 Å². The van der Waals surface area contributed by atoms with Crippen LogP contribution in [0.25, 0.3) is 50.1 Å². The third-order valence-electron chi connectivity index (χ3n) is 10.7. The van der Waals surface area contributed by atoms with E-state index in [2.05, 4.69) is 187 Å². The fourth-order valence-corrected chi connectivity index (χ4v) is 8.49. The topological polar surface area (TPSA) is 42.5 Å². The molecule has 3 heterocycles. The average Bonchev–Trinajstić information content (AvgIpc) is 3.76. The van der Waals surface area contributed by atoms with E-state index in [0.29, 0.717) is 0 Å². The highest BCUT2D eigenvalue weighted by Gasteiger charge is 2.40. The van der Waals surface area contributed by atoms with E-state index in [1.165, 1.54) is 27.4 Å². The van der Waals surface area contributed by atoms with Crippen LogP contribution in [0.5, 0.6) is 0 Å². The maximum Gasteiger partial charge on any atom is 0.135 e. The summed E-state index contributed by atoms with van der Waals surface area (Å²) in [4.78, 5) is 5.63. The summed E-state index contributed by atoms with van der Waals surface area (Å²) in [7, 11) is 0. The number of furan rings is 1. The summed E-state index contributed by atoms with van der Waals surface area (Å²) in [5.41, 5.74) is 10.7. The van der Waals surface area contributed by atoms with Crippen LogP contribution in [0.4, 0.5) is 0 Å². The fourth-order valence-electron chi connectivity index (χ4n) is 8.49. The molecular formula is C47H35N3O. The Morgan fingerprint density at radius 1 is 0.667 bits per heavy atom. The van der Waals surface area contributed by atoms with Crippen molar-refractivity contribution in [1.82, 2.24) is 9.88 Å². The van der Waals surface area contributed by atoms with Gasteiger partial charge >= 0.3 is 0 Å². The van der Waals surface area contributed by atoms with Crippen LogP contribution >= 0.6 is 0 Å². The molecule has 8 aromatic rings. The third-order valence-corrected chi connectivity index (χ3v) is 10.7. The van der Waals surface area contributed by atoms with Crippen molar-refractivity contribution in [3.05, 3.63) is 197 Å². The molecule has 2 aromatic heterocycles. The number of amidine groups is 1. The van der Waals surface area contributed by atoms with Crippen molar-refractivity contribution in [3.63, 3.8) is 0 Å². The van der Waals surface area contributed by atoms with Crippen LogP contribution < -0.4 is 5.32 Å². The summed E-state index contributed by atoms with van der Waals surface area (Å²) >= 11 is 0. The van der Waals surface area contributed by atoms with Crippen LogP contribution in [0, 0.1) is 0 Å². The number of rotatable bonds is 5. The molecule has 4 nitrogen and oxygen atoms in total. The van der Waals surface area contributed by atoms with Gasteiger partial charge in [0.05, 0.1) is 11.2 Å². The van der Waals surface area contributed by atoms with Gasteiger partial charge in [0.25, 0.3) is 0 Å². The molecule has 2 atom stereocenters. The molecule has 0 bridgehead atoms. The highest BCUT2D eigenvalue weighted by molar-refractivity contribution is 6.17. The zero-order valence-electron chi connectivity index (χ0n) is 28.3. The minimum absolute atomic E-state index is 0.235. The highest BCUT2D eigenvalue weighted by atomic mass is 16.3. The molecule has 2 aliphatic rings. The first-order valence-electron chi connectivity index (χ1n) is 17.7. The second kappa shape index (κ2) is 11.6. The van der Waals surface area contributed by atoms with Crippen molar-refractivity contribution in [1.29, 1.82) is 0 Å². The van der Waals surface area contributed by atoms with Gasteiger partial charge in [-0.05, 0) is 54.3 Å². The van der Waals surface area contributed by atoms with E-state index in [1.54, 1.807) is 0 Å². The van der Waals surface area contributed by atoms with Gasteiger partial charge < -0.3 is 14.3 Å². The van der Waals surface area contributed by atoms with Crippen LogP contribution in [0.2, 0.25) is 0 Å². The number of hydrogen-bond donors (Lipinski definition) is 1. The molecule has 2 unspecified atom stereocenters. The summed E-state index contributed by atoms with van der Waals surface area (Å²) in [6, 6.07) is 55.6. The van der Waals surface area contributed by atoms with Gasteiger partial charge in [-0.15, -0.1) is 0 Å². The number of nitrogens with one attached hydrogen (secondary N) is 1. The van der Waals surface area contributed by atoms with Crippen molar-refractivity contribution in [2.45, 2.75) is 24.9 Å². The molecule has 1 N–H and O–H groups in total. The van der Waals surface area contributed by atoms with Crippen molar-refractivity contribution < 1.29 is 4.42 Å². The lowest BCUT2D eigenvalue weighted by Crippen LogP contribution is -2.34. The van der Waals surface area contributed by atoms with E-state index in [-0.39, 0.29) is 6.04 Å². The lowest BCUT2D eigenvalue weighted by molar-refractivity contribution is 0.412. The van der Waals surface area contributed by atoms with Gasteiger partial charge in [-0.2, -0.15) is 0 Å². The molecule has 1 aliphatic carbocycles. The zero-order valence-corrected chi connectivity index (χ0v) is 28.3. The smallest absolute Gasteiger partial charge is 0.135 e. The zero-order chi connectivity index (χ0) is 33.9. The molecule has 0 fully saturated rings. The summed E-state index contributed by atoms with van der Waals surface area (Å²) in [6.07, 6.45) is 5.24. The number of nitrogens with zero attached hydrogens (tertiary/aromatic N) is 2. The van der Waals surface area contributed by atoms with E-state index in [1.807, 2.05) is 0 Å². The largest absolute Gasteiger partial charge is 0.456 e. The second-order valence-electron chi connectivity index (χ2n) is 13.7. The molecule has 6 aromatic carbocycles. The predicted octanol–water partition coefficient (Wildman–Crippen LogP) is 11.4. The summed E-state index contributed by atoms with van der Waals surface area (Å²) in [5.74, 6) is 1.73. The van der Waals surface area contributed by atoms with E-state index in [4.69, 9.17) is 9.41 Å². The number of hydrogen-bond acceptors (Lipinski definition) is 3. The first-order valence-corrected chi connectivity index (χ1v) is 17.7. The van der Waals surface area contributed by atoms with Gasteiger partial charge in [-0.25, -0.2) is 0 Å². The summed E-state index contributed by atoms with van der Waals surface area (Å²) in [6.45, 7) is 2.37. The molecule has 51 heavy (non-hydrogen) atoms. The van der Waals surface area contributed by atoms with E-state index >= 15 is 0 Å². The fraction of sp³-hybridized carbons (Fsp3) is 0.0851. The minimum atomic E-state index is -0.435. The first kappa shape index (κ1) is 29.5. The van der Waals surface area contributed by atoms with Crippen molar-refractivity contribution in [2.75, 3.05) is 0 Å². The maximum atomic E-state index is 6.76. The van der Waals surface area contributed by atoms with Crippen molar-refractivity contribution in [2.24, 2.45) is 4.99 Å². The molecule has 0 radical (unpaired) electrons. The molecular weight excluding hydrogens is 623 g/mol. The Morgan fingerprint density at radius 3 is 1.96 bits per heavy atom. The SMILES string of the molecule is CC1(n2c3ccccc3c3ccccc32)CC=Cc2oc3cccc(C4=NC(c5ccccc5)C(c5ccccc5)=C(c5ccccc5)N4)c3c21. The minimum Gasteiger partial charge on any atom is -0.456 e. The number of aromatic nitrogens is 1. The number of allylic oxidation sites excluding steroid dienone is 1. The Bertz CT molecular complexity index is 2640. The van der Waals surface area contributed by atoms with Crippen LogP contribution in [0.3, 0.4) is 0 Å². The Kier molecular flexibility index (Phi) is 6.72. The highest BCUT2D eigenvalue weighted by Crippen LogP contribution is 2.49. The second-order valence-corrected chi connectivity index (χ2v) is 13.7. The van der Waals surface area contributed by atoms with E-state index < -0.39 is 5.54 Å². The summed E-state index contributed by atoms with van der Waals surface area (Å²) < 4.78 is 9.30. The van der Waals surface area contributed by atoms with E-state index in [0.717, 1.165) is 62.5 Å². The number of benzene rings is 6. The van der Waals surface area contributed by atoms with Crippen LogP contribution in [-0.2, 0) is 5.54 Å². The van der Waals surface area contributed by atoms with Gasteiger partial charge in [0.1, 0.15) is 23.2 Å². The number of fused-ring (bicyclic) bond motifs is 6. The predicted molar refractivity (Wildman–Crippen MR) is 211 cm³/mol. The molecule has 10 rings (SSSR count). The van der Waals surface area contributed by atoms with Crippen LogP contribution in [0.1, 0.15) is 53.0 Å². The Morgan fingerprint density at radius 2 is 1.27 bits per heavy atom. The van der Waals surface area contributed by atoms with Crippen LogP contribution in [0.15, 0.2) is 173 Å². The normalized spacial score (nSPS) is 18.6. The monoisotopic (exact) mass is 657 g/mol. The van der Waals surface area contributed by atoms with Gasteiger partial charge in [0.2, 0.25) is 0 Å². The lowest BCUT2D eigenvalue weighted by Gasteiger charge is -2.35. The standard InChI is InChI=1S/C47H35N3O/c1-47(50-37-26-13-11-23-34(37)35-24-12-14-27-38(35)50)30-16-29-40-43(47)42-36(25-15-28-39(42)51-40)46-48-44(32-19-7-3-8-20-32)41(31-17-5-2-6-18-31)45(49-46)33-21-9-4-10-22-33/h2-29,44H,30H2,1H3,(H,48,49). The number of para-hydroxylation sites is 2. The number of aliphatic imine (C=N–C) groups is 1. The first-order chi connectivity index (χ1) is 25.2. The lowest BCUT2D eigenvalue weighted by atomic mass is 9.81. The Labute approximate surface area is 296 Å². The summed E-state index contributed by atoms with van der Waals surface area (Å²) in [5, 5.41) is 7.52. The molecule has 1 aliphatic heterocycles. The van der Waals surface area contributed by atoms with E-state index in [9.17, 15) is 0 Å². The molecule has 0 amide bonds. The van der Waals surface area contributed by atoms with Gasteiger partial charge in [-0.1, -0.05) is 146 Å². The Balaban J connectivity index is 1.24.